The van der Waals surface area contributed by atoms with Crippen molar-refractivity contribution in [1.82, 2.24) is 4.90 Å². The van der Waals surface area contributed by atoms with Crippen LogP contribution in [0.25, 0.3) is 0 Å². The Bertz CT molecular complexity index is 698. The highest BCUT2D eigenvalue weighted by atomic mass is 32.2. The summed E-state index contributed by atoms with van der Waals surface area (Å²) < 4.78 is 36.5. The number of sulfonamides is 1. The Morgan fingerprint density at radius 3 is 2.50 bits per heavy atom. The molecule has 1 aliphatic heterocycles. The number of amides is 1. The summed E-state index contributed by atoms with van der Waals surface area (Å²) in [5, 5.41) is 0. The lowest BCUT2D eigenvalue weighted by Gasteiger charge is -2.34. The zero-order chi connectivity index (χ0) is 17.9. The molecule has 2 rings (SSSR count). The van der Waals surface area contributed by atoms with Gasteiger partial charge in [0.15, 0.2) is 0 Å². The van der Waals surface area contributed by atoms with Gasteiger partial charge in [0.25, 0.3) is 0 Å². The van der Waals surface area contributed by atoms with E-state index in [1.165, 1.54) is 7.11 Å². The van der Waals surface area contributed by atoms with Gasteiger partial charge in [0.05, 0.1) is 32.3 Å². The van der Waals surface area contributed by atoms with E-state index in [0.29, 0.717) is 37.7 Å². The number of aryl methyl sites for hydroxylation is 1. The third-order valence-corrected chi connectivity index (χ3v) is 5.19. The second-order valence-corrected chi connectivity index (χ2v) is 7.71. The summed E-state index contributed by atoms with van der Waals surface area (Å²) in [6.45, 7) is 5.31. The Kier molecular flexibility index (Phi) is 5.71. The van der Waals surface area contributed by atoms with Gasteiger partial charge < -0.3 is 14.4 Å². The van der Waals surface area contributed by atoms with Crippen molar-refractivity contribution >= 4 is 21.6 Å². The topological polar surface area (TPSA) is 76.2 Å². The largest absolute Gasteiger partial charge is 0.495 e. The molecular weight excluding hydrogens is 332 g/mol. The number of methoxy groups -OCH3 is 1. The summed E-state index contributed by atoms with van der Waals surface area (Å²) in [6.07, 6.45) is 1.10. The molecule has 1 fully saturated rings. The smallest absolute Gasteiger partial charge is 0.246 e. The first kappa shape index (κ1) is 18.5. The number of hydrogen-bond donors (Lipinski definition) is 0. The van der Waals surface area contributed by atoms with Gasteiger partial charge in [-0.05, 0) is 31.5 Å². The minimum absolute atomic E-state index is 0.243. The van der Waals surface area contributed by atoms with E-state index in [-0.39, 0.29) is 5.91 Å². The number of benzene rings is 1. The predicted molar refractivity (Wildman–Crippen MR) is 91.9 cm³/mol. The standard InChI is InChI=1S/C16H24N2O5S/c1-12-5-6-15(22-3)14(11-12)18(24(4,20)21)13(2)16(19)17-7-9-23-10-8-17/h5-6,11,13H,7-10H2,1-4H3/t13-/m0/s1. The fourth-order valence-electron chi connectivity index (χ4n) is 2.80. The van der Waals surface area contributed by atoms with E-state index in [2.05, 4.69) is 0 Å². The Morgan fingerprint density at radius 1 is 1.33 bits per heavy atom. The number of carbonyl (C=O) groups is 1. The molecule has 0 N–H and O–H groups in total. The average Bonchev–Trinajstić information content (AvgIpc) is 2.54. The van der Waals surface area contributed by atoms with Gasteiger partial charge in [0.1, 0.15) is 11.8 Å². The summed E-state index contributed by atoms with van der Waals surface area (Å²) in [7, 11) is -2.20. The van der Waals surface area contributed by atoms with Crippen LogP contribution in [0.2, 0.25) is 0 Å². The molecule has 1 amide bonds. The maximum Gasteiger partial charge on any atom is 0.246 e. The molecule has 0 aliphatic carbocycles. The van der Waals surface area contributed by atoms with Crippen molar-refractivity contribution in [1.29, 1.82) is 0 Å². The predicted octanol–water partition coefficient (Wildman–Crippen LogP) is 1.02. The normalized spacial score (nSPS) is 16.6. The van der Waals surface area contributed by atoms with Crippen LogP contribution in [0.5, 0.6) is 5.75 Å². The van der Waals surface area contributed by atoms with Crippen LogP contribution < -0.4 is 9.04 Å². The number of morpholine rings is 1. The Labute approximate surface area is 143 Å². The molecule has 0 spiro atoms. The van der Waals surface area contributed by atoms with Gasteiger partial charge in [-0.1, -0.05) is 6.07 Å². The lowest BCUT2D eigenvalue weighted by molar-refractivity contribution is -0.136. The first-order chi connectivity index (χ1) is 11.3. The molecule has 1 aromatic rings. The SMILES string of the molecule is COc1ccc(C)cc1N([C@@H](C)C(=O)N1CCOCC1)S(C)(=O)=O. The molecule has 24 heavy (non-hydrogen) atoms. The Hall–Kier alpha value is -1.80. The highest BCUT2D eigenvalue weighted by Crippen LogP contribution is 2.33. The first-order valence-electron chi connectivity index (χ1n) is 7.76. The van der Waals surface area contributed by atoms with Gasteiger partial charge in [-0.3, -0.25) is 9.10 Å². The van der Waals surface area contributed by atoms with Gasteiger partial charge >= 0.3 is 0 Å². The number of nitrogens with zero attached hydrogens (tertiary/aromatic N) is 2. The maximum atomic E-state index is 12.8. The number of anilines is 1. The maximum absolute atomic E-state index is 12.8. The van der Waals surface area contributed by atoms with E-state index in [1.807, 2.05) is 13.0 Å². The Balaban J connectivity index is 2.42. The highest BCUT2D eigenvalue weighted by Gasteiger charge is 2.34. The molecule has 0 aromatic heterocycles. The van der Waals surface area contributed by atoms with Crippen LogP contribution in [-0.2, 0) is 19.6 Å². The van der Waals surface area contributed by atoms with Crippen molar-refractivity contribution in [2.75, 3.05) is 44.0 Å². The second-order valence-electron chi connectivity index (χ2n) is 5.85. The van der Waals surface area contributed by atoms with E-state index in [9.17, 15) is 13.2 Å². The molecule has 1 saturated heterocycles. The number of carbonyl (C=O) groups excluding carboxylic acids is 1. The van der Waals surface area contributed by atoms with Crippen LogP contribution in [0.4, 0.5) is 5.69 Å². The zero-order valence-corrected chi connectivity index (χ0v) is 15.3. The third-order valence-electron chi connectivity index (χ3n) is 3.96. The number of rotatable bonds is 5. The van der Waals surface area contributed by atoms with E-state index in [4.69, 9.17) is 9.47 Å². The minimum atomic E-state index is -3.68. The monoisotopic (exact) mass is 356 g/mol. The lowest BCUT2D eigenvalue weighted by Crippen LogP contribution is -2.52. The molecule has 0 radical (unpaired) electrons. The van der Waals surface area contributed by atoms with Gasteiger partial charge in [-0.15, -0.1) is 0 Å². The molecule has 0 unspecified atom stereocenters. The lowest BCUT2D eigenvalue weighted by atomic mass is 10.1. The van der Waals surface area contributed by atoms with E-state index in [1.54, 1.807) is 24.0 Å². The molecular formula is C16H24N2O5S. The van der Waals surface area contributed by atoms with Gasteiger partial charge in [-0.25, -0.2) is 8.42 Å². The van der Waals surface area contributed by atoms with Crippen molar-refractivity contribution in [3.63, 3.8) is 0 Å². The molecule has 1 atom stereocenters. The van der Waals surface area contributed by atoms with Crippen LogP contribution in [0.15, 0.2) is 18.2 Å². The van der Waals surface area contributed by atoms with Crippen LogP contribution in [0, 0.1) is 6.92 Å². The summed E-state index contributed by atoms with van der Waals surface area (Å²) in [5.74, 6) is 0.167. The average molecular weight is 356 g/mol. The second kappa shape index (κ2) is 7.40. The summed E-state index contributed by atoms with van der Waals surface area (Å²) in [4.78, 5) is 14.4. The first-order valence-corrected chi connectivity index (χ1v) is 9.61. The fraction of sp³-hybridized carbons (Fsp3) is 0.562. The van der Waals surface area contributed by atoms with Crippen molar-refractivity contribution in [2.24, 2.45) is 0 Å². The van der Waals surface area contributed by atoms with Crippen molar-refractivity contribution in [2.45, 2.75) is 19.9 Å². The quantitative estimate of drug-likeness (QED) is 0.787. The van der Waals surface area contributed by atoms with Crippen molar-refractivity contribution in [3.05, 3.63) is 23.8 Å². The van der Waals surface area contributed by atoms with Crippen molar-refractivity contribution in [3.8, 4) is 5.75 Å². The van der Waals surface area contributed by atoms with E-state index in [0.717, 1.165) is 16.1 Å². The van der Waals surface area contributed by atoms with Gasteiger partial charge in [0.2, 0.25) is 15.9 Å². The van der Waals surface area contributed by atoms with Gasteiger partial charge in [-0.2, -0.15) is 0 Å². The van der Waals surface area contributed by atoms with Crippen LogP contribution in [0.3, 0.4) is 0 Å². The van der Waals surface area contributed by atoms with Crippen LogP contribution >= 0.6 is 0 Å². The molecule has 134 valence electrons. The Morgan fingerprint density at radius 2 is 1.96 bits per heavy atom. The minimum Gasteiger partial charge on any atom is -0.495 e. The van der Waals surface area contributed by atoms with Crippen LogP contribution in [-0.4, -0.2) is 64.9 Å². The van der Waals surface area contributed by atoms with Crippen LogP contribution in [0.1, 0.15) is 12.5 Å². The zero-order valence-electron chi connectivity index (χ0n) is 14.5. The molecule has 1 aliphatic rings. The molecule has 0 bridgehead atoms. The molecule has 8 heteroatoms. The van der Waals surface area contributed by atoms with E-state index < -0.39 is 16.1 Å². The number of hydrogen-bond acceptors (Lipinski definition) is 5. The summed E-state index contributed by atoms with van der Waals surface area (Å²) in [5.41, 5.74) is 1.25. The van der Waals surface area contributed by atoms with Crippen molar-refractivity contribution < 1.29 is 22.7 Å². The molecule has 1 aromatic carbocycles. The summed E-state index contributed by atoms with van der Waals surface area (Å²) >= 11 is 0. The number of ether oxygens (including phenoxy) is 2. The van der Waals surface area contributed by atoms with E-state index >= 15 is 0 Å². The molecule has 7 nitrogen and oxygen atoms in total. The molecule has 1 heterocycles. The highest BCUT2D eigenvalue weighted by molar-refractivity contribution is 7.92. The summed E-state index contributed by atoms with van der Waals surface area (Å²) in [6, 6.07) is 4.38. The molecule has 0 saturated carbocycles. The van der Waals surface area contributed by atoms with Gasteiger partial charge in [0, 0.05) is 13.1 Å². The fourth-order valence-corrected chi connectivity index (χ4v) is 3.96. The third kappa shape index (κ3) is 3.99.